The number of thioether (sulfide) groups is 1. The summed E-state index contributed by atoms with van der Waals surface area (Å²) in [6.45, 7) is 5.41. The average molecular weight is 561 g/mol. The lowest BCUT2D eigenvalue weighted by atomic mass is 10.0. The second kappa shape index (κ2) is 11.5. The molecule has 1 amide bonds. The highest BCUT2D eigenvalue weighted by atomic mass is 32.2. The molecule has 0 saturated carbocycles. The number of aryl methyl sites for hydroxylation is 1. The lowest BCUT2D eigenvalue weighted by Crippen LogP contribution is -2.60. The molecule has 1 atom stereocenters. The summed E-state index contributed by atoms with van der Waals surface area (Å²) in [7, 11) is 0. The average Bonchev–Trinajstić information content (AvgIpc) is 3.41. The molecule has 4 aromatic rings. The van der Waals surface area contributed by atoms with Crippen LogP contribution in [0, 0.1) is 17.0 Å². The predicted octanol–water partition coefficient (Wildman–Crippen LogP) is 5.79. The van der Waals surface area contributed by atoms with E-state index in [1.165, 1.54) is 30.8 Å². The molecule has 1 aliphatic heterocycles. The van der Waals surface area contributed by atoms with Gasteiger partial charge in [0.2, 0.25) is 11.1 Å². The fourth-order valence-corrected chi connectivity index (χ4v) is 5.86. The van der Waals surface area contributed by atoms with Gasteiger partial charge in [0.1, 0.15) is 5.76 Å². The van der Waals surface area contributed by atoms with Crippen LogP contribution in [-0.2, 0) is 4.79 Å². The number of para-hydroxylation sites is 1. The number of nitrogens with zero attached hydrogens (tertiary/aromatic N) is 4. The van der Waals surface area contributed by atoms with Crippen molar-refractivity contribution in [3.05, 3.63) is 86.4 Å². The van der Waals surface area contributed by atoms with Gasteiger partial charge in [-0.2, -0.15) is 0 Å². The number of fused-ring (bicyclic) bond motifs is 3. The quantitative estimate of drug-likeness (QED) is 0.0903. The number of benzene rings is 2. The number of non-ortho nitro benzene ring substituents is 1. The normalized spacial score (nSPS) is 14.1. The van der Waals surface area contributed by atoms with E-state index < -0.39 is 11.1 Å². The van der Waals surface area contributed by atoms with Gasteiger partial charge in [0.05, 0.1) is 16.2 Å². The first kappa shape index (κ1) is 27.3. The highest BCUT2D eigenvalue weighted by Crippen LogP contribution is 2.39. The molecule has 2 aromatic heterocycles. The lowest BCUT2D eigenvalue weighted by Gasteiger charge is -2.30. The van der Waals surface area contributed by atoms with Crippen molar-refractivity contribution in [2.24, 2.45) is 0 Å². The molecule has 40 heavy (non-hydrogen) atoms. The number of carbonyl (C=O) groups excluding carboxylic acids is 1. The van der Waals surface area contributed by atoms with Crippen molar-refractivity contribution in [2.75, 3.05) is 10.7 Å². The van der Waals surface area contributed by atoms with Gasteiger partial charge >= 0.3 is 17.4 Å². The molecule has 10 nitrogen and oxygen atoms in total. The largest absolute Gasteiger partial charge is 0.452 e. The van der Waals surface area contributed by atoms with Crippen molar-refractivity contribution >= 4 is 29.0 Å². The first-order chi connectivity index (χ1) is 19.3. The summed E-state index contributed by atoms with van der Waals surface area (Å²) in [6, 6.07) is 15.3. The van der Waals surface area contributed by atoms with Crippen LogP contribution in [-0.4, -0.2) is 26.7 Å². The van der Waals surface area contributed by atoms with Crippen LogP contribution in [0.25, 0.3) is 22.6 Å². The maximum Gasteiger partial charge on any atom is 0.325 e. The summed E-state index contributed by atoms with van der Waals surface area (Å²) < 4.78 is 7.88. The van der Waals surface area contributed by atoms with Crippen molar-refractivity contribution in [1.82, 2.24) is 10.1 Å². The van der Waals surface area contributed by atoms with E-state index in [0.29, 0.717) is 44.7 Å². The summed E-state index contributed by atoms with van der Waals surface area (Å²) in [5, 5.41) is 16.5. The third-order valence-corrected chi connectivity index (χ3v) is 7.85. The zero-order valence-corrected chi connectivity index (χ0v) is 23.4. The number of aromatic nitrogens is 3. The Morgan fingerprint density at radius 1 is 1.15 bits per heavy atom. The Bertz CT molecular complexity index is 1650. The number of nitro groups is 1. The number of furan rings is 1. The van der Waals surface area contributed by atoms with Gasteiger partial charge in [-0.15, -0.1) is 0 Å². The minimum Gasteiger partial charge on any atom is -0.452 e. The van der Waals surface area contributed by atoms with E-state index in [1.54, 1.807) is 46.8 Å². The maximum atomic E-state index is 13.5. The topological polar surface area (TPSA) is 126 Å². The molecule has 11 heteroatoms. The molecule has 1 N–H and O–H groups in total. The van der Waals surface area contributed by atoms with Crippen molar-refractivity contribution in [1.29, 1.82) is 0 Å². The molecule has 0 spiro atoms. The Morgan fingerprint density at radius 2 is 1.95 bits per heavy atom. The van der Waals surface area contributed by atoms with Crippen LogP contribution in [0.15, 0.2) is 69.0 Å². The van der Waals surface area contributed by atoms with Crippen LogP contribution in [0.5, 0.6) is 0 Å². The van der Waals surface area contributed by atoms with Crippen LogP contribution in [0.1, 0.15) is 57.0 Å². The fraction of sp³-hybridized carbons (Fsp3) is 0.310. The SMILES string of the molecule is CCCCCCSc1n[n+]2c(c(=O)[nH]1)-c1ccccc1N(C(C)=O)[C@@H]2c1ccc(-c2ccc([N+](=O)[O-])cc2C)o1. The number of amides is 1. The van der Waals surface area contributed by atoms with E-state index in [0.717, 1.165) is 31.4 Å². The van der Waals surface area contributed by atoms with Gasteiger partial charge in [-0.1, -0.05) is 50.1 Å². The molecule has 0 saturated heterocycles. The lowest BCUT2D eigenvalue weighted by molar-refractivity contribution is -0.764. The van der Waals surface area contributed by atoms with Gasteiger partial charge in [-0.3, -0.25) is 24.7 Å². The van der Waals surface area contributed by atoms with Crippen LogP contribution in [0.4, 0.5) is 11.4 Å². The number of rotatable bonds is 9. The highest BCUT2D eigenvalue weighted by molar-refractivity contribution is 7.99. The molecule has 2 aromatic carbocycles. The second-order valence-electron chi connectivity index (χ2n) is 9.70. The van der Waals surface area contributed by atoms with Gasteiger partial charge in [0.15, 0.2) is 5.76 Å². The molecule has 0 aliphatic carbocycles. The van der Waals surface area contributed by atoms with Gasteiger partial charge in [-0.05, 0) is 53.9 Å². The zero-order valence-electron chi connectivity index (χ0n) is 22.5. The van der Waals surface area contributed by atoms with E-state index >= 15 is 0 Å². The molecule has 3 heterocycles. The van der Waals surface area contributed by atoms with Gasteiger partial charge < -0.3 is 4.42 Å². The number of carbonyl (C=O) groups is 1. The van der Waals surface area contributed by atoms with Crippen LogP contribution >= 0.6 is 11.8 Å². The second-order valence-corrected chi connectivity index (χ2v) is 10.8. The molecule has 1 aliphatic rings. The molecule has 0 unspecified atom stereocenters. The first-order valence-corrected chi connectivity index (χ1v) is 14.2. The van der Waals surface area contributed by atoms with E-state index in [1.807, 2.05) is 12.1 Å². The standard InChI is InChI=1S/C29H29N5O5S/c1-4-5-6-9-16-40-29-30-27(36)26-22-10-7-8-11-23(22)32(19(3)35)28(33(26)31-29)25-15-14-24(39-25)21-13-12-20(34(37)38)17-18(21)2/h7-8,10-15,17,28H,4-6,9,16H2,1-3H3/p+1/t28-/m0/s1. The monoisotopic (exact) mass is 560 g/mol. The van der Waals surface area contributed by atoms with E-state index in [4.69, 9.17) is 9.52 Å². The summed E-state index contributed by atoms with van der Waals surface area (Å²) in [4.78, 5) is 41.9. The van der Waals surface area contributed by atoms with E-state index in [2.05, 4.69) is 11.9 Å². The van der Waals surface area contributed by atoms with Gasteiger partial charge in [0.25, 0.3) is 5.69 Å². The van der Waals surface area contributed by atoms with Crippen molar-refractivity contribution in [3.8, 4) is 22.6 Å². The van der Waals surface area contributed by atoms with Crippen molar-refractivity contribution < 1.29 is 18.8 Å². The fourth-order valence-electron chi connectivity index (χ4n) is 5.01. The van der Waals surface area contributed by atoms with E-state index in [9.17, 15) is 19.7 Å². The minimum absolute atomic E-state index is 0.00713. The van der Waals surface area contributed by atoms with Crippen LogP contribution in [0.3, 0.4) is 0 Å². The molecular formula is C29H30N5O5S+. The number of H-pyrrole nitrogens is 1. The molecule has 0 fully saturated rings. The third kappa shape index (κ3) is 5.16. The molecule has 5 rings (SSSR count). The van der Waals surface area contributed by atoms with E-state index in [-0.39, 0.29) is 17.2 Å². The maximum absolute atomic E-state index is 13.5. The van der Waals surface area contributed by atoms with Crippen molar-refractivity contribution in [2.45, 2.75) is 57.8 Å². The Morgan fingerprint density at radius 3 is 2.67 bits per heavy atom. The summed E-state index contributed by atoms with van der Waals surface area (Å²) in [5.41, 5.74) is 2.57. The van der Waals surface area contributed by atoms with Gasteiger partial charge in [-0.25, -0.2) is 4.90 Å². The summed E-state index contributed by atoms with van der Waals surface area (Å²) >= 11 is 1.48. The summed E-state index contributed by atoms with van der Waals surface area (Å²) in [6.07, 6.45) is 3.56. The number of nitro benzene ring substituents is 1. The predicted molar refractivity (Wildman–Crippen MR) is 152 cm³/mol. The first-order valence-electron chi connectivity index (χ1n) is 13.2. The van der Waals surface area contributed by atoms with Gasteiger partial charge in [0, 0.05) is 35.5 Å². The summed E-state index contributed by atoms with van der Waals surface area (Å²) in [5.74, 6) is 1.46. The van der Waals surface area contributed by atoms with Crippen molar-refractivity contribution in [3.63, 3.8) is 0 Å². The number of aromatic amines is 1. The molecule has 0 radical (unpaired) electrons. The van der Waals surface area contributed by atoms with Crippen LogP contribution in [0.2, 0.25) is 0 Å². The number of nitrogens with one attached hydrogen (secondary N) is 1. The molecular weight excluding hydrogens is 530 g/mol. The Kier molecular flexibility index (Phi) is 7.83. The van der Waals surface area contributed by atoms with Crippen LogP contribution < -0.4 is 15.1 Å². The molecule has 206 valence electrons. The number of hydrogen-bond donors (Lipinski definition) is 1. The number of anilines is 1. The number of unbranched alkanes of at least 4 members (excludes halogenated alkanes) is 3. The minimum atomic E-state index is -0.851. The zero-order chi connectivity index (χ0) is 28.4. The highest BCUT2D eigenvalue weighted by Gasteiger charge is 2.46. The Hall–Kier alpha value is -4.25. The third-order valence-electron chi connectivity index (χ3n) is 6.90. The number of hydrogen-bond acceptors (Lipinski definition) is 7. The molecule has 0 bridgehead atoms. The Labute approximate surface area is 235 Å². The smallest absolute Gasteiger partial charge is 0.325 e. The Balaban J connectivity index is 1.61.